The van der Waals surface area contributed by atoms with Crippen molar-refractivity contribution >= 4 is 44.1 Å². The first-order valence-corrected chi connectivity index (χ1v) is 10.9. The number of amides is 2. The second-order valence-corrected chi connectivity index (χ2v) is 8.87. The summed E-state index contributed by atoms with van der Waals surface area (Å²) in [4.78, 5) is 42.4. The van der Waals surface area contributed by atoms with Crippen LogP contribution in [0.4, 0.5) is 15.5 Å². The van der Waals surface area contributed by atoms with Gasteiger partial charge in [0.05, 0.1) is 5.39 Å². The summed E-state index contributed by atoms with van der Waals surface area (Å²) in [6, 6.07) is 6.29. The van der Waals surface area contributed by atoms with Crippen molar-refractivity contribution in [2.75, 3.05) is 10.6 Å². The first-order chi connectivity index (χ1) is 14.3. The molecule has 0 unspecified atom stereocenters. The van der Waals surface area contributed by atoms with Gasteiger partial charge < -0.3 is 5.32 Å². The van der Waals surface area contributed by atoms with E-state index < -0.39 is 6.03 Å². The van der Waals surface area contributed by atoms with E-state index in [1.165, 1.54) is 18.3 Å². The largest absolute Gasteiger partial charge is 0.324 e. The Hall–Kier alpha value is -3.00. The van der Waals surface area contributed by atoms with Crippen molar-refractivity contribution in [3.05, 3.63) is 51.6 Å². The van der Waals surface area contributed by atoms with E-state index in [1.54, 1.807) is 28.8 Å². The van der Waals surface area contributed by atoms with Gasteiger partial charge in [0, 0.05) is 24.2 Å². The summed E-state index contributed by atoms with van der Waals surface area (Å²) in [6.45, 7) is 6.23. The van der Waals surface area contributed by atoms with Crippen LogP contribution in [-0.2, 0) is 13.0 Å². The van der Waals surface area contributed by atoms with Gasteiger partial charge in [-0.05, 0) is 62.4 Å². The third-order valence-corrected chi connectivity index (χ3v) is 6.71. The molecule has 2 aromatic heterocycles. The highest BCUT2D eigenvalue weighted by molar-refractivity contribution is 7.22. The zero-order valence-electron chi connectivity index (χ0n) is 17.2. The van der Waals surface area contributed by atoms with E-state index in [4.69, 9.17) is 4.98 Å². The molecule has 0 spiro atoms. The Bertz CT molecular complexity index is 1190. The van der Waals surface area contributed by atoms with Gasteiger partial charge in [0.25, 0.3) is 5.56 Å². The molecule has 2 amide bonds. The number of aromatic nitrogens is 2. The molecule has 1 aliphatic rings. The maximum Gasteiger partial charge on any atom is 0.324 e. The number of anilines is 2. The molecule has 0 fully saturated rings. The zero-order valence-corrected chi connectivity index (χ0v) is 18.1. The molecule has 30 heavy (non-hydrogen) atoms. The van der Waals surface area contributed by atoms with Crippen molar-refractivity contribution in [3.8, 4) is 0 Å². The fourth-order valence-corrected chi connectivity index (χ4v) is 4.81. The van der Waals surface area contributed by atoms with Crippen molar-refractivity contribution in [1.82, 2.24) is 9.55 Å². The minimum atomic E-state index is -0.407. The molecule has 4 rings (SSSR count). The second kappa shape index (κ2) is 8.02. The molecule has 0 radical (unpaired) electrons. The third kappa shape index (κ3) is 3.87. The predicted octanol–water partition coefficient (Wildman–Crippen LogP) is 4.59. The molecule has 1 aromatic carbocycles. The quantitative estimate of drug-likeness (QED) is 0.602. The van der Waals surface area contributed by atoms with Crippen LogP contribution in [0.1, 0.15) is 48.4 Å². The van der Waals surface area contributed by atoms with Crippen molar-refractivity contribution in [2.24, 2.45) is 5.92 Å². The van der Waals surface area contributed by atoms with Gasteiger partial charge in [0.15, 0.2) is 5.78 Å². The SMILES string of the molecule is CC(=O)c1ccc(NC(=O)Nc2sc3nc4n(c(=O)c3c2C)CC[C@H](C)CC4)cc1. The van der Waals surface area contributed by atoms with Gasteiger partial charge in [-0.1, -0.05) is 18.3 Å². The first-order valence-electron chi connectivity index (χ1n) is 10.1. The number of Topliss-reactive ketones (excluding diaryl/α,β-unsaturated/α-hetero) is 1. The number of rotatable bonds is 3. The monoisotopic (exact) mass is 424 g/mol. The third-order valence-electron chi connectivity index (χ3n) is 5.61. The Morgan fingerprint density at radius 1 is 1.17 bits per heavy atom. The van der Waals surface area contributed by atoms with E-state index in [2.05, 4.69) is 17.6 Å². The van der Waals surface area contributed by atoms with Gasteiger partial charge in [-0.3, -0.25) is 19.5 Å². The van der Waals surface area contributed by atoms with Gasteiger partial charge in [0.1, 0.15) is 15.7 Å². The molecule has 0 bridgehead atoms. The smallest absolute Gasteiger partial charge is 0.308 e. The molecule has 2 N–H and O–H groups in total. The second-order valence-electron chi connectivity index (χ2n) is 7.87. The summed E-state index contributed by atoms with van der Waals surface area (Å²) in [6.07, 6.45) is 2.79. The lowest BCUT2D eigenvalue weighted by Crippen LogP contribution is -2.24. The minimum Gasteiger partial charge on any atom is -0.308 e. The lowest BCUT2D eigenvalue weighted by atomic mass is 10.0. The van der Waals surface area contributed by atoms with E-state index in [9.17, 15) is 14.4 Å². The standard InChI is InChI=1S/C22H24N4O3S/c1-12-4-9-17-24-20-18(21(28)26(17)11-10-12)13(2)19(30-20)25-22(29)23-16-7-5-15(6-8-16)14(3)27/h5-8,12H,4,9-11H2,1-3H3,(H2,23,25,29)/t12-/m1/s1. The van der Waals surface area contributed by atoms with Crippen molar-refractivity contribution in [2.45, 2.75) is 46.6 Å². The van der Waals surface area contributed by atoms with Gasteiger partial charge in [-0.15, -0.1) is 0 Å². The fraction of sp³-hybridized carbons (Fsp3) is 0.364. The summed E-state index contributed by atoms with van der Waals surface area (Å²) in [5.74, 6) is 1.38. The van der Waals surface area contributed by atoms with Gasteiger partial charge in [0.2, 0.25) is 0 Å². The van der Waals surface area contributed by atoms with Crippen LogP contribution >= 0.6 is 11.3 Å². The van der Waals surface area contributed by atoms with Gasteiger partial charge in [-0.25, -0.2) is 9.78 Å². The summed E-state index contributed by atoms with van der Waals surface area (Å²) in [7, 11) is 0. The number of nitrogens with zero attached hydrogens (tertiary/aromatic N) is 2. The molecule has 156 valence electrons. The molecule has 3 heterocycles. The van der Waals surface area contributed by atoms with Crippen LogP contribution in [0.15, 0.2) is 29.1 Å². The molecule has 0 saturated carbocycles. The van der Waals surface area contributed by atoms with Crippen LogP contribution in [-0.4, -0.2) is 21.4 Å². The number of carbonyl (C=O) groups excluding carboxylic acids is 2. The van der Waals surface area contributed by atoms with Crippen LogP contribution in [0.2, 0.25) is 0 Å². The van der Waals surface area contributed by atoms with E-state index in [0.717, 1.165) is 30.7 Å². The number of hydrogen-bond donors (Lipinski definition) is 2. The highest BCUT2D eigenvalue weighted by atomic mass is 32.1. The number of ketones is 1. The van der Waals surface area contributed by atoms with Crippen LogP contribution in [0.25, 0.3) is 10.2 Å². The Morgan fingerprint density at radius 3 is 2.60 bits per heavy atom. The number of hydrogen-bond acceptors (Lipinski definition) is 5. The Kier molecular flexibility index (Phi) is 5.42. The van der Waals surface area contributed by atoms with E-state index >= 15 is 0 Å². The molecule has 0 saturated heterocycles. The lowest BCUT2D eigenvalue weighted by molar-refractivity contribution is 0.101. The topological polar surface area (TPSA) is 93.1 Å². The van der Waals surface area contributed by atoms with Crippen LogP contribution in [0.3, 0.4) is 0 Å². The van der Waals surface area contributed by atoms with Crippen molar-refractivity contribution in [3.63, 3.8) is 0 Å². The zero-order chi connectivity index (χ0) is 21.4. The molecule has 0 aliphatic carbocycles. The predicted molar refractivity (Wildman–Crippen MR) is 120 cm³/mol. The van der Waals surface area contributed by atoms with Crippen LogP contribution < -0.4 is 16.2 Å². The highest BCUT2D eigenvalue weighted by Crippen LogP contribution is 2.33. The first kappa shape index (κ1) is 20.3. The maximum atomic E-state index is 13.1. The number of thiophene rings is 1. The van der Waals surface area contributed by atoms with Gasteiger partial charge in [-0.2, -0.15) is 0 Å². The number of fused-ring (bicyclic) bond motifs is 2. The number of nitrogens with one attached hydrogen (secondary N) is 2. The Balaban J connectivity index is 1.58. The summed E-state index contributed by atoms with van der Waals surface area (Å²) in [5.41, 5.74) is 1.88. The van der Waals surface area contributed by atoms with Gasteiger partial charge >= 0.3 is 6.03 Å². The van der Waals surface area contributed by atoms with Crippen molar-refractivity contribution in [1.29, 1.82) is 0 Å². The highest BCUT2D eigenvalue weighted by Gasteiger charge is 2.21. The molecule has 3 aromatic rings. The van der Waals surface area contributed by atoms with Crippen molar-refractivity contribution < 1.29 is 9.59 Å². The molecule has 1 atom stereocenters. The van der Waals surface area contributed by atoms with E-state index in [0.29, 0.717) is 38.9 Å². The van der Waals surface area contributed by atoms with E-state index in [1.807, 2.05) is 6.92 Å². The normalized spacial score (nSPS) is 16.0. The number of carbonyl (C=O) groups is 2. The summed E-state index contributed by atoms with van der Waals surface area (Å²) in [5, 5.41) is 6.78. The number of urea groups is 1. The lowest BCUT2D eigenvalue weighted by Gasteiger charge is -2.08. The van der Waals surface area contributed by atoms with Crippen LogP contribution in [0.5, 0.6) is 0 Å². The maximum absolute atomic E-state index is 13.1. The Morgan fingerprint density at radius 2 is 1.90 bits per heavy atom. The summed E-state index contributed by atoms with van der Waals surface area (Å²) >= 11 is 1.32. The molecular weight excluding hydrogens is 400 g/mol. The average Bonchev–Trinajstić information content (AvgIpc) is 2.88. The molecular formula is C22H24N4O3S. The van der Waals surface area contributed by atoms with Crippen LogP contribution in [0, 0.1) is 12.8 Å². The minimum absolute atomic E-state index is 0.0221. The average molecular weight is 425 g/mol. The molecule has 1 aliphatic heterocycles. The molecule has 7 nitrogen and oxygen atoms in total. The number of aryl methyl sites for hydroxylation is 2. The fourth-order valence-electron chi connectivity index (χ4n) is 3.72. The number of benzene rings is 1. The molecule has 8 heteroatoms. The Labute approximate surface area is 178 Å². The van der Waals surface area contributed by atoms with E-state index in [-0.39, 0.29) is 11.3 Å². The summed E-state index contributed by atoms with van der Waals surface area (Å²) < 4.78 is 1.80.